The van der Waals surface area contributed by atoms with Gasteiger partial charge < -0.3 is 14.5 Å². The van der Waals surface area contributed by atoms with Gasteiger partial charge in [-0.15, -0.1) is 11.3 Å². The Morgan fingerprint density at radius 1 is 1.43 bits per heavy atom. The molecule has 0 aliphatic rings. The maximum absolute atomic E-state index is 12.0. The third-order valence-corrected chi connectivity index (χ3v) is 3.77. The van der Waals surface area contributed by atoms with Crippen molar-refractivity contribution < 1.29 is 18.7 Å². The number of hydrogen-bond acceptors (Lipinski definition) is 5. The molecule has 0 aliphatic heterocycles. The summed E-state index contributed by atoms with van der Waals surface area (Å²) in [5.41, 5.74) is -0.194. The molecule has 0 spiro atoms. The second-order valence-electron chi connectivity index (χ2n) is 5.07. The second kappa shape index (κ2) is 6.13. The molecule has 1 amide bonds. The standard InChI is InChI=1S/C15H17NO4S/c1-10(17)20-15(2,3)14(18)16-8-12-7-11(9-21-12)13-5-4-6-19-13/h4-7,9H,8H2,1-3H3,(H,16,18). The van der Waals surface area contributed by atoms with Crippen LogP contribution in [-0.2, 0) is 20.9 Å². The summed E-state index contributed by atoms with van der Waals surface area (Å²) in [4.78, 5) is 24.0. The number of hydrogen-bond donors (Lipinski definition) is 1. The van der Waals surface area contributed by atoms with E-state index in [-0.39, 0.29) is 5.91 Å². The molecule has 0 atom stereocenters. The van der Waals surface area contributed by atoms with Gasteiger partial charge in [-0.1, -0.05) is 0 Å². The molecule has 0 saturated heterocycles. The van der Waals surface area contributed by atoms with Crippen molar-refractivity contribution in [2.75, 3.05) is 0 Å². The van der Waals surface area contributed by atoms with Gasteiger partial charge in [0.1, 0.15) is 5.76 Å². The minimum absolute atomic E-state index is 0.328. The summed E-state index contributed by atoms with van der Waals surface area (Å²) >= 11 is 1.53. The first kappa shape index (κ1) is 15.3. The van der Waals surface area contributed by atoms with Crippen LogP contribution in [0.5, 0.6) is 0 Å². The van der Waals surface area contributed by atoms with Crippen LogP contribution in [0.2, 0.25) is 0 Å². The van der Waals surface area contributed by atoms with Crippen molar-refractivity contribution in [2.24, 2.45) is 0 Å². The van der Waals surface area contributed by atoms with E-state index < -0.39 is 11.6 Å². The van der Waals surface area contributed by atoms with Crippen LogP contribution in [0, 0.1) is 0 Å². The minimum atomic E-state index is -1.17. The molecule has 0 radical (unpaired) electrons. The molecule has 0 aliphatic carbocycles. The monoisotopic (exact) mass is 307 g/mol. The maximum atomic E-state index is 12.0. The summed E-state index contributed by atoms with van der Waals surface area (Å²) in [7, 11) is 0. The van der Waals surface area contributed by atoms with Crippen LogP contribution < -0.4 is 5.32 Å². The van der Waals surface area contributed by atoms with Gasteiger partial charge in [-0.3, -0.25) is 9.59 Å². The van der Waals surface area contributed by atoms with E-state index >= 15 is 0 Å². The van der Waals surface area contributed by atoms with Crippen molar-refractivity contribution in [3.63, 3.8) is 0 Å². The molecule has 2 aromatic heterocycles. The van der Waals surface area contributed by atoms with Gasteiger partial charge in [0.2, 0.25) is 0 Å². The third kappa shape index (κ3) is 3.95. The number of ether oxygens (including phenoxy) is 1. The summed E-state index contributed by atoms with van der Waals surface area (Å²) in [6, 6.07) is 5.67. The van der Waals surface area contributed by atoms with E-state index in [1.54, 1.807) is 20.1 Å². The largest absolute Gasteiger partial charge is 0.464 e. The number of nitrogens with one attached hydrogen (secondary N) is 1. The van der Waals surface area contributed by atoms with Crippen LogP contribution in [0.25, 0.3) is 11.3 Å². The van der Waals surface area contributed by atoms with E-state index in [2.05, 4.69) is 5.32 Å². The molecule has 6 heteroatoms. The van der Waals surface area contributed by atoms with Gasteiger partial charge in [0.05, 0.1) is 12.8 Å². The summed E-state index contributed by atoms with van der Waals surface area (Å²) in [6.45, 7) is 4.79. The Morgan fingerprint density at radius 3 is 2.81 bits per heavy atom. The fourth-order valence-electron chi connectivity index (χ4n) is 1.83. The molecule has 0 aromatic carbocycles. The average Bonchev–Trinajstić information content (AvgIpc) is 3.04. The Morgan fingerprint density at radius 2 is 2.19 bits per heavy atom. The van der Waals surface area contributed by atoms with E-state index in [4.69, 9.17) is 9.15 Å². The second-order valence-corrected chi connectivity index (χ2v) is 6.06. The highest BCUT2D eigenvalue weighted by Crippen LogP contribution is 2.26. The van der Waals surface area contributed by atoms with Crippen LogP contribution in [0.3, 0.4) is 0 Å². The highest BCUT2D eigenvalue weighted by atomic mass is 32.1. The van der Waals surface area contributed by atoms with Crippen molar-refractivity contribution in [3.8, 4) is 11.3 Å². The molecule has 0 saturated carbocycles. The number of esters is 1. The zero-order chi connectivity index (χ0) is 15.5. The summed E-state index contributed by atoms with van der Waals surface area (Å²) in [5.74, 6) is -0.0129. The summed E-state index contributed by atoms with van der Waals surface area (Å²) < 4.78 is 10.3. The first-order valence-corrected chi connectivity index (χ1v) is 7.35. The van der Waals surface area contributed by atoms with Crippen molar-refractivity contribution in [1.82, 2.24) is 5.32 Å². The normalized spacial score (nSPS) is 11.2. The van der Waals surface area contributed by atoms with Gasteiger partial charge in [-0.2, -0.15) is 0 Å². The minimum Gasteiger partial charge on any atom is -0.464 e. The number of amides is 1. The Labute approximate surface area is 126 Å². The van der Waals surface area contributed by atoms with Crippen LogP contribution >= 0.6 is 11.3 Å². The molecule has 112 valence electrons. The lowest BCUT2D eigenvalue weighted by molar-refractivity contribution is -0.163. The van der Waals surface area contributed by atoms with E-state index in [0.29, 0.717) is 6.54 Å². The van der Waals surface area contributed by atoms with Gasteiger partial charge >= 0.3 is 5.97 Å². The smallest absolute Gasteiger partial charge is 0.303 e. The highest BCUT2D eigenvalue weighted by Gasteiger charge is 2.30. The molecule has 0 bridgehead atoms. The van der Waals surface area contributed by atoms with Gasteiger partial charge in [0.15, 0.2) is 5.60 Å². The fraction of sp³-hybridized carbons (Fsp3) is 0.333. The van der Waals surface area contributed by atoms with E-state index in [9.17, 15) is 9.59 Å². The van der Waals surface area contributed by atoms with E-state index in [1.165, 1.54) is 18.3 Å². The zero-order valence-corrected chi connectivity index (χ0v) is 13.0. The predicted octanol–water partition coefficient (Wildman–Crippen LogP) is 2.97. The number of rotatable bonds is 5. The molecule has 2 aromatic rings. The topological polar surface area (TPSA) is 68.5 Å². The van der Waals surface area contributed by atoms with Crippen molar-refractivity contribution >= 4 is 23.2 Å². The Kier molecular flexibility index (Phi) is 4.47. The van der Waals surface area contributed by atoms with Gasteiger partial charge in [0.25, 0.3) is 5.91 Å². The predicted molar refractivity (Wildman–Crippen MR) is 79.7 cm³/mol. The lowest BCUT2D eigenvalue weighted by Crippen LogP contribution is -2.44. The molecule has 2 heterocycles. The highest BCUT2D eigenvalue weighted by molar-refractivity contribution is 7.10. The number of furan rings is 1. The average molecular weight is 307 g/mol. The first-order chi connectivity index (χ1) is 9.88. The molecule has 0 unspecified atom stereocenters. The molecule has 21 heavy (non-hydrogen) atoms. The van der Waals surface area contributed by atoms with Crippen LogP contribution in [0.4, 0.5) is 0 Å². The SMILES string of the molecule is CC(=O)OC(C)(C)C(=O)NCc1cc(-c2ccco2)cs1. The van der Waals surface area contributed by atoms with Crippen molar-refractivity contribution in [3.05, 3.63) is 34.7 Å². The van der Waals surface area contributed by atoms with Crippen LogP contribution in [-0.4, -0.2) is 17.5 Å². The Bertz CT molecular complexity index is 628. The maximum Gasteiger partial charge on any atom is 0.303 e. The number of carbonyl (C=O) groups is 2. The molecule has 5 nitrogen and oxygen atoms in total. The van der Waals surface area contributed by atoms with Crippen LogP contribution in [0.15, 0.2) is 34.3 Å². The molecular weight excluding hydrogens is 290 g/mol. The van der Waals surface area contributed by atoms with Gasteiger partial charge in [-0.25, -0.2) is 0 Å². The number of carbonyl (C=O) groups excluding carboxylic acids is 2. The fourth-order valence-corrected chi connectivity index (χ4v) is 2.64. The Hall–Kier alpha value is -2.08. The number of thiophene rings is 1. The molecule has 2 rings (SSSR count). The molecular formula is C15H17NO4S. The third-order valence-electron chi connectivity index (χ3n) is 2.83. The Balaban J connectivity index is 1.94. The lowest BCUT2D eigenvalue weighted by Gasteiger charge is -2.22. The first-order valence-electron chi connectivity index (χ1n) is 6.47. The van der Waals surface area contributed by atoms with Gasteiger partial charge in [-0.05, 0) is 32.0 Å². The van der Waals surface area contributed by atoms with Crippen LogP contribution in [0.1, 0.15) is 25.6 Å². The van der Waals surface area contributed by atoms with E-state index in [1.807, 2.05) is 23.6 Å². The summed E-state index contributed by atoms with van der Waals surface area (Å²) in [6.07, 6.45) is 1.62. The summed E-state index contributed by atoms with van der Waals surface area (Å²) in [5, 5.41) is 4.74. The quantitative estimate of drug-likeness (QED) is 0.862. The zero-order valence-electron chi connectivity index (χ0n) is 12.1. The lowest BCUT2D eigenvalue weighted by atomic mass is 10.1. The molecule has 1 N–H and O–H groups in total. The van der Waals surface area contributed by atoms with E-state index in [0.717, 1.165) is 16.2 Å². The van der Waals surface area contributed by atoms with Crippen molar-refractivity contribution in [2.45, 2.75) is 32.9 Å². The molecule has 0 fully saturated rings. The van der Waals surface area contributed by atoms with Crippen molar-refractivity contribution in [1.29, 1.82) is 0 Å². The van der Waals surface area contributed by atoms with Gasteiger partial charge in [0, 0.05) is 22.7 Å².